The van der Waals surface area contributed by atoms with E-state index in [1.165, 1.54) is 6.07 Å². The van der Waals surface area contributed by atoms with Crippen molar-refractivity contribution in [3.8, 4) is 0 Å². The molecule has 0 aliphatic rings. The topological polar surface area (TPSA) is 109 Å². The average Bonchev–Trinajstić information content (AvgIpc) is 2.87. The summed E-state index contributed by atoms with van der Waals surface area (Å²) in [6.07, 6.45) is 0.503. The lowest BCUT2D eigenvalue weighted by Gasteiger charge is -2.01. The van der Waals surface area contributed by atoms with Gasteiger partial charge >= 0.3 is 7.60 Å². The van der Waals surface area contributed by atoms with Gasteiger partial charge in [-0.1, -0.05) is 24.3 Å². The molecular formula is C13H13O6PS2. The summed E-state index contributed by atoms with van der Waals surface area (Å²) >= 11 is 1.04. The van der Waals surface area contributed by atoms with Crippen LogP contribution in [0.3, 0.4) is 0 Å². The molecule has 2 rings (SSSR count). The SMILES string of the molecule is O=C(c1ccc(Cc2ccc(C[SH](=O)=O)cc2)s1)P(=O)(O)O. The summed E-state index contributed by atoms with van der Waals surface area (Å²) in [5.41, 5.74) is 0.448. The zero-order valence-corrected chi connectivity index (χ0v) is 13.8. The Bertz CT molecular complexity index is 792. The Labute approximate surface area is 132 Å². The second kappa shape index (κ2) is 6.85. The normalized spacial score (nSPS) is 11.8. The molecule has 1 heterocycles. The van der Waals surface area contributed by atoms with Crippen molar-refractivity contribution in [3.05, 3.63) is 57.3 Å². The Hall–Kier alpha value is -1.31. The molecular weight excluding hydrogens is 347 g/mol. The summed E-state index contributed by atoms with van der Waals surface area (Å²) < 4.78 is 32.2. The highest BCUT2D eigenvalue weighted by Gasteiger charge is 2.28. The molecule has 0 amide bonds. The molecule has 0 fully saturated rings. The fourth-order valence-electron chi connectivity index (χ4n) is 1.84. The highest BCUT2D eigenvalue weighted by atomic mass is 32.2. The molecule has 0 radical (unpaired) electrons. The number of hydrogen-bond acceptors (Lipinski definition) is 5. The van der Waals surface area contributed by atoms with Crippen LogP contribution in [0.15, 0.2) is 36.4 Å². The number of rotatable bonds is 6. The second-order valence-corrected chi connectivity index (χ2v) is 8.24. The van der Waals surface area contributed by atoms with Crippen molar-refractivity contribution in [3.63, 3.8) is 0 Å². The van der Waals surface area contributed by atoms with Gasteiger partial charge in [-0.25, -0.2) is 8.42 Å². The number of hydrogen-bond donors (Lipinski definition) is 3. The first-order chi connectivity index (χ1) is 10.3. The Morgan fingerprint density at radius 2 is 1.64 bits per heavy atom. The summed E-state index contributed by atoms with van der Waals surface area (Å²) in [6, 6.07) is 10.1. The van der Waals surface area contributed by atoms with Gasteiger partial charge in [0.15, 0.2) is 0 Å². The summed E-state index contributed by atoms with van der Waals surface area (Å²) in [6.45, 7) is 0. The molecule has 0 aliphatic carbocycles. The third-order valence-corrected chi connectivity index (χ3v) is 5.48. The average molecular weight is 360 g/mol. The summed E-state index contributed by atoms with van der Waals surface area (Å²) in [4.78, 5) is 30.0. The highest BCUT2D eigenvalue weighted by molar-refractivity contribution is 7.71. The Morgan fingerprint density at radius 1 is 1.05 bits per heavy atom. The van der Waals surface area contributed by atoms with Crippen molar-refractivity contribution in [1.82, 2.24) is 0 Å². The van der Waals surface area contributed by atoms with Gasteiger partial charge in [-0.15, -0.1) is 11.3 Å². The van der Waals surface area contributed by atoms with Crippen LogP contribution in [0.5, 0.6) is 0 Å². The summed E-state index contributed by atoms with van der Waals surface area (Å²) in [7, 11) is -7.21. The molecule has 6 nitrogen and oxygen atoms in total. The standard InChI is InChI=1S/C13H13O6PS2/c14-13(20(15,16)17)12-6-5-11(21-12)7-9-1-3-10(4-2-9)8-22(18)19/h1-6,22H,7-8H2,(H2,15,16,17). The van der Waals surface area contributed by atoms with E-state index >= 15 is 0 Å². The number of thiophene rings is 1. The minimum Gasteiger partial charge on any atom is -0.319 e. The minimum absolute atomic E-state index is 0.00441. The van der Waals surface area contributed by atoms with Gasteiger partial charge in [0.2, 0.25) is 0 Å². The smallest absolute Gasteiger partial charge is 0.319 e. The third kappa shape index (κ3) is 4.59. The summed E-state index contributed by atoms with van der Waals surface area (Å²) in [5.74, 6) is -0.00441. The lowest BCUT2D eigenvalue weighted by atomic mass is 10.1. The third-order valence-electron chi connectivity index (χ3n) is 2.85. The molecule has 0 spiro atoms. The quantitative estimate of drug-likeness (QED) is 0.535. The van der Waals surface area contributed by atoms with Crippen LogP contribution in [-0.4, -0.2) is 23.7 Å². The first-order valence-electron chi connectivity index (χ1n) is 6.14. The summed E-state index contributed by atoms with van der Waals surface area (Å²) in [5, 5.41) is 0. The molecule has 2 N–H and O–H groups in total. The fourth-order valence-corrected chi connectivity index (χ4v) is 4.09. The molecule has 0 unspecified atom stereocenters. The van der Waals surface area contributed by atoms with E-state index in [2.05, 4.69) is 0 Å². The van der Waals surface area contributed by atoms with E-state index in [4.69, 9.17) is 9.79 Å². The van der Waals surface area contributed by atoms with E-state index in [9.17, 15) is 17.8 Å². The Balaban J connectivity index is 2.10. The lowest BCUT2D eigenvalue weighted by Crippen LogP contribution is -1.96. The monoisotopic (exact) mass is 360 g/mol. The van der Waals surface area contributed by atoms with Crippen LogP contribution in [-0.2, 0) is 27.4 Å². The van der Waals surface area contributed by atoms with Crippen LogP contribution in [0.4, 0.5) is 0 Å². The van der Waals surface area contributed by atoms with Crippen LogP contribution in [0.2, 0.25) is 0 Å². The molecule has 22 heavy (non-hydrogen) atoms. The fraction of sp³-hybridized carbons (Fsp3) is 0.154. The number of carbonyl (C=O) groups excluding carboxylic acids is 1. The van der Waals surface area contributed by atoms with E-state index in [-0.39, 0.29) is 10.6 Å². The van der Waals surface area contributed by atoms with E-state index in [1.54, 1.807) is 30.3 Å². The van der Waals surface area contributed by atoms with Crippen molar-refractivity contribution in [2.24, 2.45) is 0 Å². The van der Waals surface area contributed by atoms with Crippen molar-refractivity contribution in [1.29, 1.82) is 0 Å². The number of carbonyl (C=O) groups is 1. The van der Waals surface area contributed by atoms with Gasteiger partial charge < -0.3 is 9.79 Å². The Morgan fingerprint density at radius 3 is 2.18 bits per heavy atom. The molecule has 9 heteroatoms. The molecule has 1 aromatic carbocycles. The van der Waals surface area contributed by atoms with Gasteiger partial charge in [-0.05, 0) is 23.3 Å². The van der Waals surface area contributed by atoms with Crippen molar-refractivity contribution < 1.29 is 27.6 Å². The molecule has 0 saturated heterocycles. The van der Waals surface area contributed by atoms with E-state index in [0.29, 0.717) is 12.0 Å². The molecule has 2 aromatic rings. The molecule has 0 bridgehead atoms. The molecule has 118 valence electrons. The van der Waals surface area contributed by atoms with Crippen molar-refractivity contribution in [2.75, 3.05) is 0 Å². The molecule has 0 aliphatic heterocycles. The van der Waals surface area contributed by atoms with Crippen LogP contribution >= 0.6 is 18.9 Å². The van der Waals surface area contributed by atoms with E-state index in [0.717, 1.165) is 21.8 Å². The first kappa shape index (κ1) is 17.1. The van der Waals surface area contributed by atoms with Crippen LogP contribution < -0.4 is 0 Å². The maximum Gasteiger partial charge on any atom is 0.397 e. The predicted molar refractivity (Wildman–Crippen MR) is 84.0 cm³/mol. The van der Waals surface area contributed by atoms with E-state index in [1.807, 2.05) is 0 Å². The van der Waals surface area contributed by atoms with Crippen LogP contribution in [0, 0.1) is 0 Å². The van der Waals surface area contributed by atoms with Crippen molar-refractivity contribution >= 4 is 35.2 Å². The van der Waals surface area contributed by atoms with Gasteiger partial charge in [-0.2, -0.15) is 0 Å². The van der Waals surface area contributed by atoms with Crippen LogP contribution in [0.25, 0.3) is 0 Å². The zero-order valence-electron chi connectivity index (χ0n) is 11.2. The second-order valence-electron chi connectivity index (χ2n) is 4.60. The van der Waals surface area contributed by atoms with Gasteiger partial charge in [0, 0.05) is 11.3 Å². The maximum atomic E-state index is 11.5. The largest absolute Gasteiger partial charge is 0.397 e. The predicted octanol–water partition coefficient (Wildman–Crippen LogP) is 1.77. The first-order valence-corrected chi connectivity index (χ1v) is 9.93. The lowest BCUT2D eigenvalue weighted by molar-refractivity contribution is 0.104. The zero-order chi connectivity index (χ0) is 16.3. The van der Waals surface area contributed by atoms with Gasteiger partial charge in [0.05, 0.1) is 10.6 Å². The maximum absolute atomic E-state index is 11.5. The number of benzene rings is 1. The van der Waals surface area contributed by atoms with Crippen molar-refractivity contribution in [2.45, 2.75) is 12.2 Å². The van der Waals surface area contributed by atoms with E-state index < -0.39 is 23.8 Å². The molecule has 0 saturated carbocycles. The van der Waals surface area contributed by atoms with Gasteiger partial charge in [0.25, 0.3) is 5.52 Å². The molecule has 0 atom stereocenters. The Kier molecular flexibility index (Phi) is 5.31. The minimum atomic E-state index is -4.75. The number of thiol groups is 1. The van der Waals surface area contributed by atoms with Gasteiger partial charge in [0.1, 0.15) is 10.7 Å². The van der Waals surface area contributed by atoms with Crippen LogP contribution in [0.1, 0.15) is 25.7 Å². The molecule has 1 aromatic heterocycles. The van der Waals surface area contributed by atoms with Gasteiger partial charge in [-0.3, -0.25) is 9.36 Å². The highest BCUT2D eigenvalue weighted by Crippen LogP contribution is 2.40.